The van der Waals surface area contributed by atoms with Crippen molar-refractivity contribution in [1.29, 1.82) is 0 Å². The molecule has 0 aromatic rings. The molecular weight excluding hydrogens is 336 g/mol. The van der Waals surface area contributed by atoms with E-state index in [1.54, 1.807) is 0 Å². The molecule has 0 spiro atoms. The van der Waals surface area contributed by atoms with Crippen LogP contribution in [-0.2, 0) is 11.8 Å². The van der Waals surface area contributed by atoms with Crippen LogP contribution >= 0.6 is 17.1 Å². The minimum Gasteiger partial charge on any atom is -0.825 e. The van der Waals surface area contributed by atoms with Gasteiger partial charge in [0.15, 0.2) is 0 Å². The number of hydrogen-bond acceptors (Lipinski definition) is 4. The van der Waals surface area contributed by atoms with E-state index in [-0.39, 0.29) is 48.9 Å². The van der Waals surface area contributed by atoms with Crippen molar-refractivity contribution < 1.29 is 9.79 Å². The average molecular weight is 350 g/mol. The molecule has 0 unspecified atom stereocenters. The molecule has 0 atom stereocenters. The minimum atomic E-state index is -3.46. The van der Waals surface area contributed by atoms with E-state index in [4.69, 9.17) is 0 Å². The van der Waals surface area contributed by atoms with Gasteiger partial charge in [0, 0.05) is 0 Å². The van der Waals surface area contributed by atoms with E-state index in [0.717, 1.165) is 24.2 Å². The van der Waals surface area contributed by atoms with E-state index in [0.29, 0.717) is 5.75 Å². The van der Waals surface area contributed by atoms with Crippen LogP contribution in [0.1, 0.15) is 32.6 Å². The summed E-state index contributed by atoms with van der Waals surface area (Å²) in [6.45, 7) is 2.12. The van der Waals surface area contributed by atoms with Gasteiger partial charge in [0.2, 0.25) is 0 Å². The second kappa shape index (κ2) is 10.0. The standard InChI is InChI=1S/C6H15O2PS2.Ba/c1-2-3-4-5-6-11-9(7,8)10;/h2-6H2,1H3,(H2,7,8,10);/q;+2/p-2. The molecule has 0 fully saturated rings. The van der Waals surface area contributed by atoms with Crippen LogP contribution in [0.15, 0.2) is 0 Å². The van der Waals surface area contributed by atoms with Gasteiger partial charge in [0.1, 0.15) is 0 Å². The summed E-state index contributed by atoms with van der Waals surface area (Å²) in [5.74, 6) is 0.657. The fraction of sp³-hybridized carbons (Fsp3) is 1.00. The summed E-state index contributed by atoms with van der Waals surface area (Å²) in [6.07, 6.45) is 4.43. The van der Waals surface area contributed by atoms with Crippen LogP contribution in [0.3, 0.4) is 0 Å². The Morgan fingerprint density at radius 1 is 1.25 bits per heavy atom. The molecule has 0 aliphatic heterocycles. The van der Waals surface area contributed by atoms with Gasteiger partial charge in [0.25, 0.3) is 0 Å². The van der Waals surface area contributed by atoms with Crippen LogP contribution in [0.4, 0.5) is 0 Å². The molecule has 0 aromatic heterocycles. The fourth-order valence-electron chi connectivity index (χ4n) is 0.705. The molecule has 0 bridgehead atoms. The van der Waals surface area contributed by atoms with Crippen molar-refractivity contribution in [3.63, 3.8) is 0 Å². The minimum absolute atomic E-state index is 0. The first kappa shape index (κ1) is 16.9. The van der Waals surface area contributed by atoms with Crippen LogP contribution in [-0.4, -0.2) is 54.6 Å². The van der Waals surface area contributed by atoms with E-state index >= 15 is 0 Å². The van der Waals surface area contributed by atoms with Crippen LogP contribution in [0.5, 0.6) is 0 Å². The van der Waals surface area contributed by atoms with E-state index in [2.05, 4.69) is 18.7 Å². The number of hydrogen-bond donors (Lipinski definition) is 0. The maximum atomic E-state index is 10.5. The molecule has 0 aliphatic rings. The van der Waals surface area contributed by atoms with Gasteiger partial charge in [-0.15, -0.1) is 11.8 Å². The molecule has 68 valence electrons. The Bertz CT molecular complexity index is 140. The summed E-state index contributed by atoms with van der Waals surface area (Å²) >= 11 is 5.12. The molecule has 0 aromatic carbocycles. The van der Waals surface area contributed by atoms with Crippen molar-refractivity contribution in [3.05, 3.63) is 0 Å². The Hall–Kier alpha value is 2.49. The third kappa shape index (κ3) is 15.0. The Kier molecular flexibility index (Phi) is 14.1. The molecule has 12 heavy (non-hydrogen) atoms. The van der Waals surface area contributed by atoms with Gasteiger partial charge in [-0.05, 0) is 12.2 Å². The quantitative estimate of drug-likeness (QED) is 0.405. The van der Waals surface area contributed by atoms with Crippen LogP contribution < -0.4 is 9.79 Å². The molecule has 2 nitrogen and oxygen atoms in total. The molecule has 0 saturated heterocycles. The van der Waals surface area contributed by atoms with Crippen molar-refractivity contribution in [2.75, 3.05) is 5.75 Å². The molecule has 0 N–H and O–H groups in total. The SMILES string of the molecule is CCCCCCSP([O-])([O-])=S.[Ba+2]. The Labute approximate surface area is 124 Å². The molecule has 0 radical (unpaired) electrons. The Balaban J connectivity index is 0. The summed E-state index contributed by atoms with van der Waals surface area (Å²) in [5, 5.41) is 0. The zero-order chi connectivity index (χ0) is 8.74. The van der Waals surface area contributed by atoms with Gasteiger partial charge in [-0.1, -0.05) is 26.2 Å². The van der Waals surface area contributed by atoms with E-state index in [1.807, 2.05) is 0 Å². The van der Waals surface area contributed by atoms with Gasteiger partial charge < -0.3 is 9.79 Å². The van der Waals surface area contributed by atoms with Crippen molar-refractivity contribution in [2.45, 2.75) is 32.6 Å². The van der Waals surface area contributed by atoms with E-state index in [1.165, 1.54) is 12.8 Å². The predicted octanol–water partition coefficient (Wildman–Crippen LogP) is 0.864. The predicted molar refractivity (Wildman–Crippen MR) is 56.6 cm³/mol. The molecule has 0 aliphatic carbocycles. The fourth-order valence-corrected chi connectivity index (χ4v) is 2.99. The topological polar surface area (TPSA) is 46.1 Å². The normalized spacial score (nSPS) is 10.9. The Morgan fingerprint density at radius 2 is 1.83 bits per heavy atom. The zero-order valence-corrected chi connectivity index (χ0v) is 14.3. The summed E-state index contributed by atoms with van der Waals surface area (Å²) in [6, 6.07) is 0. The van der Waals surface area contributed by atoms with Gasteiger partial charge in [-0.25, -0.2) is 0 Å². The summed E-state index contributed by atoms with van der Waals surface area (Å²) in [5.41, 5.74) is -3.46. The molecule has 6 heteroatoms. The largest absolute Gasteiger partial charge is 2.00 e. The third-order valence-electron chi connectivity index (χ3n) is 1.25. The van der Waals surface area contributed by atoms with Gasteiger partial charge in [0.05, 0.1) is 0 Å². The van der Waals surface area contributed by atoms with Crippen LogP contribution in [0, 0.1) is 0 Å². The molecule has 0 rings (SSSR count). The Morgan fingerprint density at radius 3 is 2.25 bits per heavy atom. The molecule has 0 saturated carbocycles. The van der Waals surface area contributed by atoms with Crippen LogP contribution in [0.2, 0.25) is 0 Å². The van der Waals surface area contributed by atoms with Crippen LogP contribution in [0.25, 0.3) is 0 Å². The second-order valence-corrected chi connectivity index (χ2v) is 8.25. The van der Waals surface area contributed by atoms with E-state index in [9.17, 15) is 9.79 Å². The maximum absolute atomic E-state index is 10.5. The third-order valence-corrected chi connectivity index (χ3v) is 4.48. The summed E-state index contributed by atoms with van der Waals surface area (Å²) in [7, 11) is 0. The van der Waals surface area contributed by atoms with Gasteiger partial charge in [-0.3, -0.25) is 0 Å². The first-order chi connectivity index (χ1) is 5.06. The van der Waals surface area contributed by atoms with Crippen molar-refractivity contribution in [1.82, 2.24) is 0 Å². The van der Waals surface area contributed by atoms with Crippen molar-refractivity contribution in [3.8, 4) is 0 Å². The second-order valence-electron chi connectivity index (χ2n) is 2.34. The first-order valence-electron chi connectivity index (χ1n) is 3.73. The van der Waals surface area contributed by atoms with Gasteiger partial charge in [-0.2, -0.15) is 17.1 Å². The smallest absolute Gasteiger partial charge is 0.825 e. The monoisotopic (exact) mass is 350 g/mol. The summed E-state index contributed by atoms with van der Waals surface area (Å²) < 4.78 is 0. The molecule has 0 amide bonds. The first-order valence-corrected chi connectivity index (χ1v) is 7.95. The zero-order valence-electron chi connectivity index (χ0n) is 7.32. The van der Waals surface area contributed by atoms with Gasteiger partial charge >= 0.3 is 48.9 Å². The van der Waals surface area contributed by atoms with E-state index < -0.39 is 5.69 Å². The molecular formula is C6H13BaO2PS2. The van der Waals surface area contributed by atoms with Crippen molar-refractivity contribution in [2.24, 2.45) is 0 Å². The summed E-state index contributed by atoms with van der Waals surface area (Å²) in [4.78, 5) is 20.9. The maximum Gasteiger partial charge on any atom is 2.00 e. The van der Waals surface area contributed by atoms with Crippen molar-refractivity contribution >= 4 is 77.8 Å². The number of unbranched alkanes of at least 4 members (excludes halogenated alkanes) is 3. The average Bonchev–Trinajstić information content (AvgIpc) is 1.85. The molecule has 0 heterocycles. The number of rotatable bonds is 6.